The zero-order valence-electron chi connectivity index (χ0n) is 9.22. The Labute approximate surface area is 94.3 Å². The van der Waals surface area contributed by atoms with Crippen molar-refractivity contribution in [2.45, 2.75) is 25.9 Å². The lowest BCUT2D eigenvalue weighted by Gasteiger charge is -2.13. The number of nitro groups is 1. The number of rotatable bonds is 6. The van der Waals surface area contributed by atoms with Gasteiger partial charge in [-0.15, -0.1) is 0 Å². The number of aliphatic hydroxyl groups is 1. The average Bonchev–Trinajstić information content (AvgIpc) is 2.31. The molecule has 0 heterocycles. The van der Waals surface area contributed by atoms with Crippen molar-refractivity contribution >= 4 is 5.69 Å². The average molecular weight is 224 g/mol. The van der Waals surface area contributed by atoms with Gasteiger partial charge < -0.3 is 10.4 Å². The highest BCUT2D eigenvalue weighted by molar-refractivity contribution is 5.34. The minimum absolute atomic E-state index is 0.0410. The lowest BCUT2D eigenvalue weighted by atomic mass is 10.1. The molecule has 1 aromatic carbocycles. The molecule has 0 unspecified atom stereocenters. The summed E-state index contributed by atoms with van der Waals surface area (Å²) in [5.41, 5.74) is 0.942. The summed E-state index contributed by atoms with van der Waals surface area (Å²) >= 11 is 0. The van der Waals surface area contributed by atoms with Crippen LogP contribution in [0.1, 0.15) is 18.9 Å². The second-order valence-electron chi connectivity index (χ2n) is 3.60. The molecule has 2 N–H and O–H groups in total. The number of nitrogens with zero attached hydrogens (tertiary/aromatic N) is 1. The van der Waals surface area contributed by atoms with Crippen molar-refractivity contribution in [2.24, 2.45) is 0 Å². The van der Waals surface area contributed by atoms with E-state index < -0.39 is 4.92 Å². The van der Waals surface area contributed by atoms with Gasteiger partial charge in [-0.1, -0.05) is 19.1 Å². The minimum Gasteiger partial charge on any atom is -0.395 e. The third kappa shape index (κ3) is 3.60. The fourth-order valence-electron chi connectivity index (χ4n) is 1.38. The molecule has 16 heavy (non-hydrogen) atoms. The van der Waals surface area contributed by atoms with Crippen LogP contribution in [0.3, 0.4) is 0 Å². The maximum absolute atomic E-state index is 10.5. The lowest BCUT2D eigenvalue weighted by Crippen LogP contribution is -2.31. The third-order valence-electron chi connectivity index (χ3n) is 2.43. The van der Waals surface area contributed by atoms with Gasteiger partial charge in [-0.2, -0.15) is 0 Å². The molecule has 88 valence electrons. The van der Waals surface area contributed by atoms with Gasteiger partial charge in [0, 0.05) is 24.7 Å². The molecule has 0 aliphatic heterocycles. The topological polar surface area (TPSA) is 75.4 Å². The fraction of sp³-hybridized carbons (Fsp3) is 0.455. The largest absolute Gasteiger partial charge is 0.395 e. The Balaban J connectivity index is 2.60. The molecular formula is C11H16N2O3. The van der Waals surface area contributed by atoms with Crippen LogP contribution in [0, 0.1) is 10.1 Å². The molecule has 5 heteroatoms. The van der Waals surface area contributed by atoms with Crippen molar-refractivity contribution in [1.82, 2.24) is 5.32 Å². The summed E-state index contributed by atoms with van der Waals surface area (Å²) in [5, 5.41) is 22.7. The number of non-ortho nitro benzene ring substituents is 1. The van der Waals surface area contributed by atoms with E-state index in [1.54, 1.807) is 6.07 Å². The SMILES string of the molecule is CC[C@@H](CO)NCc1cccc([N+](=O)[O-])c1. The monoisotopic (exact) mass is 224 g/mol. The van der Waals surface area contributed by atoms with Crippen LogP contribution in [-0.4, -0.2) is 22.7 Å². The summed E-state index contributed by atoms with van der Waals surface area (Å²) in [6.07, 6.45) is 0.825. The molecule has 0 spiro atoms. The minimum atomic E-state index is -0.410. The summed E-state index contributed by atoms with van der Waals surface area (Å²) in [5.74, 6) is 0. The molecule has 0 radical (unpaired) electrons. The zero-order valence-corrected chi connectivity index (χ0v) is 9.22. The van der Waals surface area contributed by atoms with Gasteiger partial charge in [0.2, 0.25) is 0 Å². The standard InChI is InChI=1S/C11H16N2O3/c1-2-10(8-14)12-7-9-4-3-5-11(6-9)13(15)16/h3-6,10,12,14H,2,7-8H2,1H3/t10-/m0/s1. The third-order valence-corrected chi connectivity index (χ3v) is 2.43. The fourth-order valence-corrected chi connectivity index (χ4v) is 1.38. The Morgan fingerprint density at radius 1 is 1.56 bits per heavy atom. The molecule has 0 fully saturated rings. The van der Waals surface area contributed by atoms with Crippen LogP contribution in [0.25, 0.3) is 0 Å². The van der Waals surface area contributed by atoms with E-state index in [4.69, 9.17) is 5.11 Å². The van der Waals surface area contributed by atoms with E-state index in [9.17, 15) is 10.1 Å². The molecule has 0 amide bonds. The van der Waals surface area contributed by atoms with Gasteiger partial charge in [0.05, 0.1) is 11.5 Å². The molecule has 0 aromatic heterocycles. The second kappa shape index (κ2) is 6.19. The number of nitro benzene ring substituents is 1. The van der Waals surface area contributed by atoms with E-state index in [1.807, 2.05) is 13.0 Å². The van der Waals surface area contributed by atoms with Crippen molar-refractivity contribution in [3.8, 4) is 0 Å². The molecule has 1 atom stereocenters. The zero-order chi connectivity index (χ0) is 12.0. The van der Waals surface area contributed by atoms with Gasteiger partial charge in [0.15, 0.2) is 0 Å². The van der Waals surface area contributed by atoms with Crippen LogP contribution in [0.15, 0.2) is 24.3 Å². The molecule has 1 rings (SSSR count). The Morgan fingerprint density at radius 2 is 2.31 bits per heavy atom. The van der Waals surface area contributed by atoms with E-state index in [0.717, 1.165) is 12.0 Å². The number of hydrogen-bond acceptors (Lipinski definition) is 4. The first kappa shape index (κ1) is 12.6. The summed E-state index contributed by atoms with van der Waals surface area (Å²) in [7, 11) is 0. The van der Waals surface area contributed by atoms with Crippen molar-refractivity contribution in [3.05, 3.63) is 39.9 Å². The van der Waals surface area contributed by atoms with Crippen LogP contribution < -0.4 is 5.32 Å². The van der Waals surface area contributed by atoms with Crippen LogP contribution in [0.4, 0.5) is 5.69 Å². The van der Waals surface area contributed by atoms with Gasteiger partial charge in [-0.25, -0.2) is 0 Å². The molecule has 0 saturated heterocycles. The normalized spacial score (nSPS) is 12.4. The van der Waals surface area contributed by atoms with Crippen molar-refractivity contribution in [2.75, 3.05) is 6.61 Å². The molecule has 0 bridgehead atoms. The van der Waals surface area contributed by atoms with E-state index in [2.05, 4.69) is 5.32 Å². The Kier molecular flexibility index (Phi) is 4.88. The van der Waals surface area contributed by atoms with Crippen molar-refractivity contribution < 1.29 is 10.0 Å². The first-order valence-corrected chi connectivity index (χ1v) is 5.25. The first-order valence-electron chi connectivity index (χ1n) is 5.25. The highest BCUT2D eigenvalue weighted by atomic mass is 16.6. The summed E-state index contributed by atoms with van der Waals surface area (Å²) < 4.78 is 0. The van der Waals surface area contributed by atoms with E-state index >= 15 is 0 Å². The number of hydrogen-bond donors (Lipinski definition) is 2. The highest BCUT2D eigenvalue weighted by Crippen LogP contribution is 2.12. The highest BCUT2D eigenvalue weighted by Gasteiger charge is 2.07. The second-order valence-corrected chi connectivity index (χ2v) is 3.60. The van der Waals surface area contributed by atoms with Crippen molar-refractivity contribution in [1.29, 1.82) is 0 Å². The van der Waals surface area contributed by atoms with Gasteiger partial charge in [0.1, 0.15) is 0 Å². The van der Waals surface area contributed by atoms with Crippen LogP contribution >= 0.6 is 0 Å². The summed E-state index contributed by atoms with van der Waals surface area (Å²) in [6, 6.07) is 6.53. The number of nitrogens with one attached hydrogen (secondary N) is 1. The van der Waals surface area contributed by atoms with Gasteiger partial charge in [-0.3, -0.25) is 10.1 Å². The van der Waals surface area contributed by atoms with Crippen LogP contribution in [0.2, 0.25) is 0 Å². The number of benzene rings is 1. The molecule has 5 nitrogen and oxygen atoms in total. The smallest absolute Gasteiger partial charge is 0.269 e. The maximum Gasteiger partial charge on any atom is 0.269 e. The molecule has 0 aliphatic rings. The first-order chi connectivity index (χ1) is 7.67. The maximum atomic E-state index is 10.5. The molecule has 0 saturated carbocycles. The van der Waals surface area contributed by atoms with Crippen molar-refractivity contribution in [3.63, 3.8) is 0 Å². The predicted octanol–water partition coefficient (Wildman–Crippen LogP) is 1.46. The Morgan fingerprint density at radius 3 is 2.88 bits per heavy atom. The Bertz CT molecular complexity index is 351. The Hall–Kier alpha value is -1.46. The molecule has 1 aromatic rings. The van der Waals surface area contributed by atoms with Gasteiger partial charge in [-0.05, 0) is 12.0 Å². The van der Waals surface area contributed by atoms with Crippen LogP contribution in [-0.2, 0) is 6.54 Å². The predicted molar refractivity (Wildman–Crippen MR) is 61.1 cm³/mol. The molecular weight excluding hydrogens is 208 g/mol. The van der Waals surface area contributed by atoms with E-state index in [0.29, 0.717) is 6.54 Å². The number of aliphatic hydroxyl groups excluding tert-OH is 1. The van der Waals surface area contributed by atoms with E-state index in [1.165, 1.54) is 12.1 Å². The summed E-state index contributed by atoms with van der Waals surface area (Å²) in [6.45, 7) is 2.58. The molecule has 0 aliphatic carbocycles. The summed E-state index contributed by atoms with van der Waals surface area (Å²) in [4.78, 5) is 10.1. The quantitative estimate of drug-likeness (QED) is 0.566. The van der Waals surface area contributed by atoms with Gasteiger partial charge >= 0.3 is 0 Å². The van der Waals surface area contributed by atoms with Crippen LogP contribution in [0.5, 0.6) is 0 Å². The van der Waals surface area contributed by atoms with Gasteiger partial charge in [0.25, 0.3) is 5.69 Å². The lowest BCUT2D eigenvalue weighted by molar-refractivity contribution is -0.384. The van der Waals surface area contributed by atoms with E-state index in [-0.39, 0.29) is 18.3 Å².